The van der Waals surface area contributed by atoms with Gasteiger partial charge in [-0.15, -0.1) is 10.2 Å². The summed E-state index contributed by atoms with van der Waals surface area (Å²) in [4.78, 5) is 4.79. The molecule has 156 valence electrons. The Labute approximate surface area is 175 Å². The van der Waals surface area contributed by atoms with Crippen molar-refractivity contribution in [1.29, 1.82) is 0 Å². The average molecular weight is 408 g/mol. The van der Waals surface area contributed by atoms with Gasteiger partial charge in [0.2, 0.25) is 12.7 Å². The summed E-state index contributed by atoms with van der Waals surface area (Å²) >= 11 is 0. The highest BCUT2D eigenvalue weighted by atomic mass is 16.7. The summed E-state index contributed by atoms with van der Waals surface area (Å²) in [5.74, 6) is 3.51. The van der Waals surface area contributed by atoms with Crippen LogP contribution in [0.15, 0.2) is 46.9 Å². The second-order valence-electron chi connectivity index (χ2n) is 7.44. The Bertz CT molecular complexity index is 1010. The van der Waals surface area contributed by atoms with Gasteiger partial charge < -0.3 is 18.6 Å². The number of fused-ring (bicyclic) bond motifs is 1. The molecule has 3 aromatic rings. The van der Waals surface area contributed by atoms with Crippen LogP contribution in [0.2, 0.25) is 0 Å². The lowest BCUT2D eigenvalue weighted by Gasteiger charge is -2.33. The fraction of sp³-hybridized carbons (Fsp3) is 0.364. The van der Waals surface area contributed by atoms with Gasteiger partial charge in [0.05, 0.1) is 19.2 Å². The molecule has 2 aliphatic heterocycles. The number of nitrogens with zero attached hydrogens (tertiary/aromatic N) is 4. The number of hydrogen-bond acceptors (Lipinski definition) is 8. The summed E-state index contributed by atoms with van der Waals surface area (Å²) in [6.45, 7) is 5.76. The molecule has 5 rings (SSSR count). The van der Waals surface area contributed by atoms with Gasteiger partial charge >= 0.3 is 0 Å². The number of methoxy groups -OCH3 is 1. The van der Waals surface area contributed by atoms with Crippen molar-refractivity contribution in [2.45, 2.75) is 13.1 Å². The van der Waals surface area contributed by atoms with Crippen LogP contribution in [0, 0.1) is 0 Å². The minimum Gasteiger partial charge on any atom is -0.496 e. The normalized spacial score (nSPS) is 16.7. The Hall–Kier alpha value is -3.10. The summed E-state index contributed by atoms with van der Waals surface area (Å²) in [5.41, 5.74) is 2.05. The van der Waals surface area contributed by atoms with Crippen molar-refractivity contribution in [3.63, 3.8) is 0 Å². The van der Waals surface area contributed by atoms with Crippen LogP contribution in [-0.2, 0) is 13.1 Å². The van der Waals surface area contributed by atoms with E-state index in [1.54, 1.807) is 7.11 Å². The van der Waals surface area contributed by atoms with Gasteiger partial charge in [0.15, 0.2) is 11.5 Å². The third-order valence-corrected chi connectivity index (χ3v) is 5.47. The molecule has 1 saturated heterocycles. The molecule has 8 nitrogen and oxygen atoms in total. The molecule has 0 spiro atoms. The van der Waals surface area contributed by atoms with Crippen LogP contribution in [0.5, 0.6) is 17.2 Å². The molecular weight excluding hydrogens is 384 g/mol. The molecule has 0 aliphatic carbocycles. The fourth-order valence-corrected chi connectivity index (χ4v) is 3.84. The van der Waals surface area contributed by atoms with Crippen molar-refractivity contribution in [3.8, 4) is 28.7 Å². The maximum Gasteiger partial charge on any atom is 0.251 e. The number of piperazine rings is 1. The monoisotopic (exact) mass is 408 g/mol. The van der Waals surface area contributed by atoms with E-state index in [0.717, 1.165) is 55.5 Å². The average Bonchev–Trinajstić information content (AvgIpc) is 3.44. The molecular formula is C22H24N4O4. The summed E-state index contributed by atoms with van der Waals surface area (Å²) in [7, 11) is 1.64. The van der Waals surface area contributed by atoms with Gasteiger partial charge in [0, 0.05) is 32.7 Å². The van der Waals surface area contributed by atoms with E-state index in [1.165, 1.54) is 5.56 Å². The second-order valence-corrected chi connectivity index (χ2v) is 7.44. The van der Waals surface area contributed by atoms with E-state index in [2.05, 4.69) is 32.1 Å². The summed E-state index contributed by atoms with van der Waals surface area (Å²) < 4.78 is 22.1. The molecule has 2 aromatic carbocycles. The predicted molar refractivity (Wildman–Crippen MR) is 109 cm³/mol. The van der Waals surface area contributed by atoms with Crippen molar-refractivity contribution < 1.29 is 18.6 Å². The van der Waals surface area contributed by atoms with E-state index in [0.29, 0.717) is 25.1 Å². The molecule has 0 unspecified atom stereocenters. The number of para-hydroxylation sites is 1. The van der Waals surface area contributed by atoms with Gasteiger partial charge in [-0.3, -0.25) is 9.80 Å². The first-order valence-corrected chi connectivity index (χ1v) is 10.1. The molecule has 30 heavy (non-hydrogen) atoms. The SMILES string of the molecule is COc1ccccc1-c1nnc(CN2CCN(Cc3ccc4c(c3)OCO4)CC2)o1. The summed E-state index contributed by atoms with van der Waals surface area (Å²) in [6, 6.07) is 13.8. The molecule has 0 saturated carbocycles. The Morgan fingerprint density at radius 1 is 0.900 bits per heavy atom. The van der Waals surface area contributed by atoms with Crippen LogP contribution in [0.25, 0.3) is 11.5 Å². The molecule has 1 aromatic heterocycles. The molecule has 0 N–H and O–H groups in total. The smallest absolute Gasteiger partial charge is 0.251 e. The van der Waals surface area contributed by atoms with E-state index >= 15 is 0 Å². The lowest BCUT2D eigenvalue weighted by molar-refractivity contribution is 0.114. The van der Waals surface area contributed by atoms with Crippen molar-refractivity contribution >= 4 is 0 Å². The number of benzene rings is 2. The van der Waals surface area contributed by atoms with E-state index in [9.17, 15) is 0 Å². The van der Waals surface area contributed by atoms with Crippen LogP contribution >= 0.6 is 0 Å². The number of hydrogen-bond donors (Lipinski definition) is 0. The molecule has 0 radical (unpaired) electrons. The highest BCUT2D eigenvalue weighted by molar-refractivity contribution is 5.62. The minimum absolute atomic E-state index is 0.311. The Morgan fingerprint density at radius 3 is 2.50 bits per heavy atom. The van der Waals surface area contributed by atoms with E-state index in [1.807, 2.05) is 30.3 Å². The van der Waals surface area contributed by atoms with E-state index < -0.39 is 0 Å². The van der Waals surface area contributed by atoms with E-state index in [-0.39, 0.29) is 0 Å². The largest absolute Gasteiger partial charge is 0.496 e. The molecule has 0 bridgehead atoms. The molecule has 0 amide bonds. The van der Waals surface area contributed by atoms with Crippen LogP contribution in [-0.4, -0.2) is 60.1 Å². The fourth-order valence-electron chi connectivity index (χ4n) is 3.84. The van der Waals surface area contributed by atoms with Crippen molar-refractivity contribution in [2.24, 2.45) is 0 Å². The number of aromatic nitrogens is 2. The molecule has 0 atom stereocenters. The maximum atomic E-state index is 5.90. The zero-order valence-corrected chi connectivity index (χ0v) is 16.9. The van der Waals surface area contributed by atoms with Crippen molar-refractivity contribution in [1.82, 2.24) is 20.0 Å². The minimum atomic E-state index is 0.311. The molecule has 3 heterocycles. The topological polar surface area (TPSA) is 73.1 Å². The number of rotatable bonds is 6. The maximum absolute atomic E-state index is 5.90. The second kappa shape index (κ2) is 8.33. The first-order chi connectivity index (χ1) is 14.8. The van der Waals surface area contributed by atoms with Gasteiger partial charge in [-0.1, -0.05) is 18.2 Å². The van der Waals surface area contributed by atoms with Crippen LogP contribution in [0.3, 0.4) is 0 Å². The van der Waals surface area contributed by atoms with Crippen LogP contribution in [0.4, 0.5) is 0 Å². The Kier molecular flexibility index (Phi) is 5.25. The summed E-state index contributed by atoms with van der Waals surface area (Å²) in [5, 5.41) is 8.43. The third kappa shape index (κ3) is 3.96. The lowest BCUT2D eigenvalue weighted by Crippen LogP contribution is -2.45. The van der Waals surface area contributed by atoms with Crippen molar-refractivity contribution in [2.75, 3.05) is 40.1 Å². The molecule has 8 heteroatoms. The quantitative estimate of drug-likeness (QED) is 0.617. The van der Waals surface area contributed by atoms with Gasteiger partial charge in [0.25, 0.3) is 5.89 Å². The van der Waals surface area contributed by atoms with Crippen LogP contribution < -0.4 is 14.2 Å². The first kappa shape index (κ1) is 18.9. The highest BCUT2D eigenvalue weighted by Crippen LogP contribution is 2.33. The van der Waals surface area contributed by atoms with Crippen molar-refractivity contribution in [3.05, 3.63) is 53.9 Å². The highest BCUT2D eigenvalue weighted by Gasteiger charge is 2.21. The Morgan fingerprint density at radius 2 is 1.67 bits per heavy atom. The zero-order valence-electron chi connectivity index (χ0n) is 16.9. The van der Waals surface area contributed by atoms with E-state index in [4.69, 9.17) is 18.6 Å². The third-order valence-electron chi connectivity index (χ3n) is 5.47. The van der Waals surface area contributed by atoms with Gasteiger partial charge in [-0.05, 0) is 29.8 Å². The van der Waals surface area contributed by atoms with Gasteiger partial charge in [-0.2, -0.15) is 0 Å². The number of ether oxygens (including phenoxy) is 3. The lowest BCUT2D eigenvalue weighted by atomic mass is 10.1. The zero-order chi connectivity index (χ0) is 20.3. The standard InChI is InChI=1S/C22H24N4O4/c1-27-18-5-3-2-4-17(18)22-24-23-21(30-22)14-26-10-8-25(9-11-26)13-16-6-7-19-20(12-16)29-15-28-19/h2-7,12H,8-11,13-15H2,1H3. The van der Waals surface area contributed by atoms with Crippen LogP contribution in [0.1, 0.15) is 11.5 Å². The predicted octanol–water partition coefficient (Wildman–Crippen LogP) is 2.79. The Balaban J connectivity index is 1.16. The first-order valence-electron chi connectivity index (χ1n) is 10.1. The van der Waals surface area contributed by atoms with Gasteiger partial charge in [-0.25, -0.2) is 0 Å². The summed E-state index contributed by atoms with van der Waals surface area (Å²) in [6.07, 6.45) is 0. The molecule has 1 fully saturated rings. The molecule has 2 aliphatic rings. The van der Waals surface area contributed by atoms with Gasteiger partial charge in [0.1, 0.15) is 5.75 Å².